The minimum atomic E-state index is -0.966. The summed E-state index contributed by atoms with van der Waals surface area (Å²) in [5, 5.41) is 18.7. The van der Waals surface area contributed by atoms with Gasteiger partial charge in [0.25, 0.3) is 0 Å². The van der Waals surface area contributed by atoms with Gasteiger partial charge in [0.1, 0.15) is 18.2 Å². The van der Waals surface area contributed by atoms with Crippen LogP contribution in [-0.2, 0) is 25.4 Å². The van der Waals surface area contributed by atoms with E-state index in [0.717, 1.165) is 0 Å². The molecule has 0 bridgehead atoms. The Labute approximate surface area is 140 Å². The quantitative estimate of drug-likeness (QED) is 0.502. The molecule has 0 aliphatic carbocycles. The molecule has 0 saturated carbocycles. The zero-order chi connectivity index (χ0) is 18.3. The van der Waals surface area contributed by atoms with E-state index in [1.807, 2.05) is 0 Å². The van der Waals surface area contributed by atoms with Crippen molar-refractivity contribution in [2.24, 2.45) is 5.73 Å². The highest BCUT2D eigenvalue weighted by molar-refractivity contribution is 5.76. The van der Waals surface area contributed by atoms with E-state index < -0.39 is 30.4 Å². The Morgan fingerprint density at radius 2 is 1.75 bits per heavy atom. The van der Waals surface area contributed by atoms with E-state index in [4.69, 9.17) is 15.2 Å². The normalized spacial score (nSPS) is 14.3. The van der Waals surface area contributed by atoms with E-state index in [1.165, 1.54) is 18.2 Å². The first-order valence-electron chi connectivity index (χ1n) is 7.54. The monoisotopic (exact) mass is 341 g/mol. The summed E-state index contributed by atoms with van der Waals surface area (Å²) in [5.41, 5.74) is 6.35. The first-order chi connectivity index (χ1) is 11.2. The van der Waals surface area contributed by atoms with Crippen LogP contribution in [0.2, 0.25) is 0 Å². The van der Waals surface area contributed by atoms with E-state index in [9.17, 15) is 19.8 Å². The molecule has 1 rings (SSSR count). The Balaban J connectivity index is 2.53. The molecule has 24 heavy (non-hydrogen) atoms. The molecule has 8 nitrogen and oxygen atoms in total. The summed E-state index contributed by atoms with van der Waals surface area (Å²) < 4.78 is 14.8. The average Bonchev–Trinajstić information content (AvgIpc) is 2.50. The number of phenols is 2. The maximum Gasteiger partial charge on any atom is 0.508 e. The molecule has 0 radical (unpaired) electrons. The van der Waals surface area contributed by atoms with Crippen molar-refractivity contribution in [3.63, 3.8) is 0 Å². The molecule has 0 spiro atoms. The molecule has 0 aliphatic heterocycles. The third-order valence-electron chi connectivity index (χ3n) is 3.31. The topological polar surface area (TPSA) is 128 Å². The van der Waals surface area contributed by atoms with Gasteiger partial charge in [-0.2, -0.15) is 0 Å². The van der Waals surface area contributed by atoms with Crippen molar-refractivity contribution in [3.05, 3.63) is 23.8 Å². The largest absolute Gasteiger partial charge is 0.508 e. The van der Waals surface area contributed by atoms with E-state index in [2.05, 4.69) is 4.74 Å². The fourth-order valence-corrected chi connectivity index (χ4v) is 1.80. The van der Waals surface area contributed by atoms with Crippen molar-refractivity contribution in [3.8, 4) is 11.5 Å². The number of carbonyl (C=O) groups excluding carboxylic acids is 2. The number of carbonyl (C=O) groups is 2. The first kappa shape index (κ1) is 19.6. The minimum absolute atomic E-state index is 0.118. The van der Waals surface area contributed by atoms with Gasteiger partial charge in [0, 0.05) is 0 Å². The third kappa shape index (κ3) is 5.96. The highest BCUT2D eigenvalue weighted by atomic mass is 16.7. The Bertz CT molecular complexity index is 576. The van der Waals surface area contributed by atoms with Crippen LogP contribution in [-0.4, -0.2) is 47.2 Å². The van der Waals surface area contributed by atoms with Gasteiger partial charge in [-0.1, -0.05) is 6.07 Å². The van der Waals surface area contributed by atoms with Gasteiger partial charge in [0.2, 0.25) is 0 Å². The Hall–Kier alpha value is -2.48. The van der Waals surface area contributed by atoms with Gasteiger partial charge in [-0.3, -0.25) is 4.79 Å². The summed E-state index contributed by atoms with van der Waals surface area (Å²) in [6.07, 6.45) is -2.12. The van der Waals surface area contributed by atoms with Crippen molar-refractivity contribution in [1.29, 1.82) is 0 Å². The van der Waals surface area contributed by atoms with Crippen LogP contribution < -0.4 is 5.73 Å². The van der Waals surface area contributed by atoms with E-state index in [-0.39, 0.29) is 24.5 Å². The number of nitrogens with two attached hydrogens (primary N) is 1. The molecule has 0 amide bonds. The molecule has 1 aromatic carbocycles. The summed E-state index contributed by atoms with van der Waals surface area (Å²) in [7, 11) is 0. The second kappa shape index (κ2) is 8.97. The zero-order valence-electron chi connectivity index (χ0n) is 13.9. The van der Waals surface area contributed by atoms with Crippen LogP contribution in [0.3, 0.4) is 0 Å². The number of rotatable bonds is 7. The fraction of sp³-hybridized carbons (Fsp3) is 0.500. The van der Waals surface area contributed by atoms with Crippen LogP contribution in [0.25, 0.3) is 0 Å². The van der Waals surface area contributed by atoms with Crippen LogP contribution in [0.1, 0.15) is 26.3 Å². The number of hydrogen-bond donors (Lipinski definition) is 3. The lowest BCUT2D eigenvalue weighted by molar-refractivity contribution is -0.155. The van der Waals surface area contributed by atoms with Crippen LogP contribution in [0, 0.1) is 0 Å². The van der Waals surface area contributed by atoms with Gasteiger partial charge in [0.05, 0.1) is 6.61 Å². The van der Waals surface area contributed by atoms with Gasteiger partial charge < -0.3 is 30.2 Å². The molecule has 3 atom stereocenters. The van der Waals surface area contributed by atoms with Crippen LogP contribution >= 0.6 is 0 Å². The number of aromatic hydroxyl groups is 2. The second-order valence-corrected chi connectivity index (χ2v) is 5.28. The molecular weight excluding hydrogens is 318 g/mol. The zero-order valence-corrected chi connectivity index (χ0v) is 13.9. The molecular formula is C16H23NO7. The molecule has 0 aliphatic rings. The molecule has 0 unspecified atom stereocenters. The second-order valence-electron chi connectivity index (χ2n) is 5.28. The predicted octanol–water partition coefficient (Wildman–Crippen LogP) is 1.46. The van der Waals surface area contributed by atoms with Gasteiger partial charge >= 0.3 is 12.1 Å². The predicted molar refractivity (Wildman–Crippen MR) is 84.6 cm³/mol. The Kier molecular flexibility index (Phi) is 7.31. The number of hydrogen-bond acceptors (Lipinski definition) is 8. The van der Waals surface area contributed by atoms with Crippen molar-refractivity contribution < 1.29 is 34.0 Å². The fourth-order valence-electron chi connectivity index (χ4n) is 1.80. The lowest BCUT2D eigenvalue weighted by Gasteiger charge is -2.22. The molecule has 0 saturated heterocycles. The van der Waals surface area contributed by atoms with E-state index in [0.29, 0.717) is 5.56 Å². The first-order valence-corrected chi connectivity index (χ1v) is 7.54. The molecule has 8 heteroatoms. The van der Waals surface area contributed by atoms with E-state index in [1.54, 1.807) is 20.8 Å². The lowest BCUT2D eigenvalue weighted by Crippen LogP contribution is -2.39. The summed E-state index contributed by atoms with van der Waals surface area (Å²) in [6, 6.07) is 3.20. The minimum Gasteiger partial charge on any atom is -0.504 e. The van der Waals surface area contributed by atoms with Crippen molar-refractivity contribution in [2.45, 2.75) is 45.4 Å². The van der Waals surface area contributed by atoms with Crippen molar-refractivity contribution in [2.75, 3.05) is 6.61 Å². The molecule has 0 heterocycles. The summed E-state index contributed by atoms with van der Waals surface area (Å²) >= 11 is 0. The highest BCUT2D eigenvalue weighted by Crippen LogP contribution is 2.25. The molecule has 0 aromatic heterocycles. The average molecular weight is 341 g/mol. The van der Waals surface area contributed by atoms with Crippen molar-refractivity contribution >= 4 is 12.1 Å². The maximum absolute atomic E-state index is 12.0. The van der Waals surface area contributed by atoms with Crippen LogP contribution in [0.4, 0.5) is 4.79 Å². The summed E-state index contributed by atoms with van der Waals surface area (Å²) in [4.78, 5) is 23.2. The molecule has 134 valence electrons. The van der Waals surface area contributed by atoms with Gasteiger partial charge in [-0.15, -0.1) is 0 Å². The standard InChI is InChI=1S/C16H23NO7/c1-4-22-16(21)24-10(3)9(2)23-15(20)12(17)7-11-5-6-13(18)14(19)8-11/h5-6,8-10,12,18-19H,4,7,17H2,1-3H3/t9-,10+,12+/m1/s1. The Morgan fingerprint density at radius 3 is 2.33 bits per heavy atom. The number of benzene rings is 1. The lowest BCUT2D eigenvalue weighted by atomic mass is 10.1. The number of esters is 1. The third-order valence-corrected chi connectivity index (χ3v) is 3.31. The van der Waals surface area contributed by atoms with Gasteiger partial charge in [0.15, 0.2) is 11.5 Å². The van der Waals surface area contributed by atoms with Crippen molar-refractivity contribution in [1.82, 2.24) is 0 Å². The SMILES string of the molecule is CCOC(=O)O[C@@H](C)[C@@H](C)OC(=O)[C@@H](N)Cc1ccc(O)c(O)c1. The van der Waals surface area contributed by atoms with Gasteiger partial charge in [-0.25, -0.2) is 4.79 Å². The van der Waals surface area contributed by atoms with Crippen LogP contribution in [0.15, 0.2) is 18.2 Å². The smallest absolute Gasteiger partial charge is 0.504 e. The summed E-state index contributed by atoms with van der Waals surface area (Å²) in [5.74, 6) is -1.22. The number of phenolic OH excluding ortho intramolecular Hbond substituents is 2. The molecule has 1 aromatic rings. The highest BCUT2D eigenvalue weighted by Gasteiger charge is 2.24. The maximum atomic E-state index is 12.0. The summed E-state index contributed by atoms with van der Waals surface area (Å²) in [6.45, 7) is 4.97. The number of ether oxygens (including phenoxy) is 3. The van der Waals surface area contributed by atoms with Crippen LogP contribution in [0.5, 0.6) is 11.5 Å². The van der Waals surface area contributed by atoms with E-state index >= 15 is 0 Å². The molecule has 0 fully saturated rings. The Morgan fingerprint density at radius 1 is 1.12 bits per heavy atom. The molecule has 4 N–H and O–H groups in total. The van der Waals surface area contributed by atoms with Gasteiger partial charge in [-0.05, 0) is 44.9 Å².